The van der Waals surface area contributed by atoms with Crippen molar-refractivity contribution >= 4 is 5.69 Å². The minimum atomic E-state index is -0.807. The molecule has 100 valence electrons. The molecule has 1 heterocycles. The SMILES string of the molecule is CC(O)c1c(F)cccc1N1CCC(CCO)C1. The smallest absolute Gasteiger partial charge is 0.131 e. The number of anilines is 1. The molecule has 2 rings (SSSR count). The van der Waals surface area contributed by atoms with Gasteiger partial charge in [-0.15, -0.1) is 0 Å². The molecule has 0 aromatic heterocycles. The molecule has 0 amide bonds. The first kappa shape index (κ1) is 13.3. The van der Waals surface area contributed by atoms with E-state index in [0.29, 0.717) is 11.5 Å². The van der Waals surface area contributed by atoms with Crippen LogP contribution in [0.25, 0.3) is 0 Å². The third-order valence-electron chi connectivity index (χ3n) is 3.61. The van der Waals surface area contributed by atoms with E-state index in [-0.39, 0.29) is 12.4 Å². The van der Waals surface area contributed by atoms with E-state index in [1.807, 2.05) is 6.07 Å². The molecule has 0 spiro atoms. The van der Waals surface area contributed by atoms with Crippen LogP contribution in [-0.4, -0.2) is 29.9 Å². The summed E-state index contributed by atoms with van der Waals surface area (Å²) >= 11 is 0. The molecule has 3 nitrogen and oxygen atoms in total. The van der Waals surface area contributed by atoms with E-state index < -0.39 is 6.10 Å². The number of halogens is 1. The van der Waals surface area contributed by atoms with Crippen LogP contribution in [0.3, 0.4) is 0 Å². The van der Waals surface area contributed by atoms with Crippen LogP contribution in [0.1, 0.15) is 31.4 Å². The Bertz CT molecular complexity index is 409. The van der Waals surface area contributed by atoms with E-state index in [9.17, 15) is 9.50 Å². The van der Waals surface area contributed by atoms with Gasteiger partial charge in [-0.3, -0.25) is 0 Å². The van der Waals surface area contributed by atoms with Gasteiger partial charge in [0.2, 0.25) is 0 Å². The van der Waals surface area contributed by atoms with Crippen molar-refractivity contribution in [1.82, 2.24) is 0 Å². The Morgan fingerprint density at radius 3 is 2.94 bits per heavy atom. The first-order valence-electron chi connectivity index (χ1n) is 6.45. The molecule has 1 aromatic rings. The van der Waals surface area contributed by atoms with Gasteiger partial charge in [0.15, 0.2) is 0 Å². The second-order valence-corrected chi connectivity index (χ2v) is 4.96. The zero-order chi connectivity index (χ0) is 13.1. The molecule has 1 saturated heterocycles. The fourth-order valence-electron chi connectivity index (χ4n) is 2.68. The van der Waals surface area contributed by atoms with Gasteiger partial charge in [0.05, 0.1) is 6.10 Å². The van der Waals surface area contributed by atoms with Crippen LogP contribution in [0, 0.1) is 11.7 Å². The molecule has 4 heteroatoms. The van der Waals surface area contributed by atoms with Crippen molar-refractivity contribution in [1.29, 1.82) is 0 Å². The summed E-state index contributed by atoms with van der Waals surface area (Å²) in [6, 6.07) is 4.91. The van der Waals surface area contributed by atoms with E-state index in [1.54, 1.807) is 13.0 Å². The quantitative estimate of drug-likeness (QED) is 0.863. The van der Waals surface area contributed by atoms with E-state index >= 15 is 0 Å². The van der Waals surface area contributed by atoms with Gasteiger partial charge in [-0.25, -0.2) is 4.39 Å². The van der Waals surface area contributed by atoms with Crippen molar-refractivity contribution in [2.45, 2.75) is 25.9 Å². The minimum absolute atomic E-state index is 0.199. The van der Waals surface area contributed by atoms with Crippen LogP contribution in [0.4, 0.5) is 10.1 Å². The molecule has 2 atom stereocenters. The summed E-state index contributed by atoms with van der Waals surface area (Å²) in [7, 11) is 0. The van der Waals surface area contributed by atoms with Gasteiger partial charge in [0.25, 0.3) is 0 Å². The van der Waals surface area contributed by atoms with Crippen LogP contribution in [0.15, 0.2) is 18.2 Å². The lowest BCUT2D eigenvalue weighted by atomic mass is 10.1. The van der Waals surface area contributed by atoms with Crippen molar-refractivity contribution in [3.05, 3.63) is 29.6 Å². The van der Waals surface area contributed by atoms with Gasteiger partial charge in [0, 0.05) is 30.9 Å². The molecule has 1 aliphatic rings. The Balaban J connectivity index is 2.21. The number of rotatable bonds is 4. The maximum atomic E-state index is 13.8. The Morgan fingerprint density at radius 2 is 2.28 bits per heavy atom. The fraction of sp³-hybridized carbons (Fsp3) is 0.571. The molecule has 0 aliphatic carbocycles. The van der Waals surface area contributed by atoms with Crippen molar-refractivity contribution < 1.29 is 14.6 Å². The normalized spacial score (nSPS) is 21.3. The maximum absolute atomic E-state index is 13.8. The standard InChI is InChI=1S/C14H20FNO2/c1-10(18)14-12(15)3-2-4-13(14)16-7-5-11(9-16)6-8-17/h2-4,10-11,17-18H,5-9H2,1H3. The van der Waals surface area contributed by atoms with Crippen LogP contribution in [0.2, 0.25) is 0 Å². The Kier molecular flexibility index (Phi) is 4.19. The molecule has 0 radical (unpaired) electrons. The van der Waals surface area contributed by atoms with Crippen LogP contribution >= 0.6 is 0 Å². The number of benzene rings is 1. The highest BCUT2D eigenvalue weighted by molar-refractivity contribution is 5.55. The number of nitrogens with zero attached hydrogens (tertiary/aromatic N) is 1. The van der Waals surface area contributed by atoms with Crippen LogP contribution < -0.4 is 4.90 Å². The average molecular weight is 253 g/mol. The molecule has 2 unspecified atom stereocenters. The molecule has 0 bridgehead atoms. The first-order chi connectivity index (χ1) is 8.63. The summed E-state index contributed by atoms with van der Waals surface area (Å²) < 4.78 is 13.8. The van der Waals surface area contributed by atoms with E-state index in [2.05, 4.69) is 4.90 Å². The van der Waals surface area contributed by atoms with Gasteiger partial charge in [-0.1, -0.05) is 6.07 Å². The molecule has 18 heavy (non-hydrogen) atoms. The zero-order valence-corrected chi connectivity index (χ0v) is 10.6. The van der Waals surface area contributed by atoms with Gasteiger partial charge < -0.3 is 15.1 Å². The van der Waals surface area contributed by atoms with Crippen LogP contribution in [0.5, 0.6) is 0 Å². The Morgan fingerprint density at radius 1 is 1.50 bits per heavy atom. The van der Waals surface area contributed by atoms with E-state index in [1.165, 1.54) is 6.07 Å². The third-order valence-corrected chi connectivity index (χ3v) is 3.61. The van der Waals surface area contributed by atoms with E-state index in [0.717, 1.165) is 31.6 Å². The average Bonchev–Trinajstić information content (AvgIpc) is 2.77. The van der Waals surface area contributed by atoms with Crippen molar-refractivity contribution in [3.63, 3.8) is 0 Å². The summed E-state index contributed by atoms with van der Waals surface area (Å²) in [4.78, 5) is 2.10. The van der Waals surface area contributed by atoms with Crippen molar-refractivity contribution in [2.75, 3.05) is 24.6 Å². The second kappa shape index (κ2) is 5.67. The predicted molar refractivity (Wildman–Crippen MR) is 69.1 cm³/mol. The van der Waals surface area contributed by atoms with Crippen LogP contribution in [-0.2, 0) is 0 Å². The summed E-state index contributed by atoms with van der Waals surface area (Å²) in [6.45, 7) is 3.46. The van der Waals surface area contributed by atoms with Crippen molar-refractivity contribution in [3.8, 4) is 0 Å². The number of hydrogen-bond donors (Lipinski definition) is 2. The first-order valence-corrected chi connectivity index (χ1v) is 6.45. The number of aliphatic hydroxyl groups is 2. The van der Waals surface area contributed by atoms with Gasteiger partial charge in [0.1, 0.15) is 5.82 Å². The summed E-state index contributed by atoms with van der Waals surface area (Å²) in [6.07, 6.45) is 0.990. The number of aliphatic hydroxyl groups excluding tert-OH is 2. The highest BCUT2D eigenvalue weighted by Crippen LogP contribution is 2.33. The highest BCUT2D eigenvalue weighted by atomic mass is 19.1. The Hall–Kier alpha value is -1.13. The van der Waals surface area contributed by atoms with Gasteiger partial charge in [-0.2, -0.15) is 0 Å². The fourth-order valence-corrected chi connectivity index (χ4v) is 2.68. The monoisotopic (exact) mass is 253 g/mol. The molecule has 1 aliphatic heterocycles. The third kappa shape index (κ3) is 2.65. The molecule has 2 N–H and O–H groups in total. The summed E-state index contributed by atoms with van der Waals surface area (Å²) in [5, 5.41) is 18.7. The Labute approximate surface area is 107 Å². The molecule has 1 fully saturated rings. The minimum Gasteiger partial charge on any atom is -0.396 e. The lowest BCUT2D eigenvalue weighted by molar-refractivity contribution is 0.194. The maximum Gasteiger partial charge on any atom is 0.131 e. The summed E-state index contributed by atoms with van der Waals surface area (Å²) in [5.74, 6) is 0.105. The van der Waals surface area contributed by atoms with E-state index in [4.69, 9.17) is 5.11 Å². The number of hydrogen-bond acceptors (Lipinski definition) is 3. The molecule has 0 saturated carbocycles. The molecular formula is C14H20FNO2. The molecule has 1 aromatic carbocycles. The lowest BCUT2D eigenvalue weighted by Gasteiger charge is -2.23. The highest BCUT2D eigenvalue weighted by Gasteiger charge is 2.25. The zero-order valence-electron chi connectivity index (χ0n) is 10.6. The topological polar surface area (TPSA) is 43.7 Å². The van der Waals surface area contributed by atoms with Gasteiger partial charge in [-0.05, 0) is 37.8 Å². The lowest BCUT2D eigenvalue weighted by Crippen LogP contribution is -2.22. The van der Waals surface area contributed by atoms with Gasteiger partial charge >= 0.3 is 0 Å². The largest absolute Gasteiger partial charge is 0.396 e. The molecular weight excluding hydrogens is 233 g/mol. The second-order valence-electron chi connectivity index (χ2n) is 4.96. The summed E-state index contributed by atoms with van der Waals surface area (Å²) in [5.41, 5.74) is 1.16. The predicted octanol–water partition coefficient (Wildman–Crippen LogP) is 2.09. The van der Waals surface area contributed by atoms with Crippen molar-refractivity contribution in [2.24, 2.45) is 5.92 Å².